The van der Waals surface area contributed by atoms with Crippen molar-refractivity contribution in [3.05, 3.63) is 83.9 Å². The van der Waals surface area contributed by atoms with E-state index in [1.165, 1.54) is 4.90 Å². The molecule has 1 aliphatic heterocycles. The molecule has 7 heteroatoms. The van der Waals surface area contributed by atoms with Crippen molar-refractivity contribution in [1.82, 2.24) is 9.88 Å². The van der Waals surface area contributed by atoms with E-state index in [9.17, 15) is 14.4 Å². The maximum absolute atomic E-state index is 13.9. The largest absolute Gasteiger partial charge is 0.436 e. The van der Waals surface area contributed by atoms with Crippen LogP contribution in [0.1, 0.15) is 60.9 Å². The molecule has 2 fully saturated rings. The summed E-state index contributed by atoms with van der Waals surface area (Å²) in [5, 5.41) is 0. The first kappa shape index (κ1) is 25.0. The smallest absolute Gasteiger partial charge is 0.257 e. The number of anilines is 1. The molecule has 0 radical (unpaired) electrons. The van der Waals surface area contributed by atoms with Gasteiger partial charge in [-0.1, -0.05) is 55.5 Å². The normalized spacial score (nSPS) is 18.5. The highest BCUT2D eigenvalue weighted by molar-refractivity contribution is 6.23. The number of carbonyl (C=O) groups excluding carboxylic acids is 3. The second-order valence-electron chi connectivity index (χ2n) is 10.5. The van der Waals surface area contributed by atoms with E-state index in [0.29, 0.717) is 22.7 Å². The van der Waals surface area contributed by atoms with Crippen LogP contribution in [-0.4, -0.2) is 39.7 Å². The average molecular weight is 522 g/mol. The summed E-state index contributed by atoms with van der Waals surface area (Å²) in [7, 11) is 0. The van der Waals surface area contributed by atoms with Gasteiger partial charge < -0.3 is 9.32 Å². The average Bonchev–Trinajstić information content (AvgIpc) is 3.38. The number of hydrogen-bond acceptors (Lipinski definition) is 5. The van der Waals surface area contributed by atoms with Gasteiger partial charge in [-0.15, -0.1) is 0 Å². The highest BCUT2D eigenvalue weighted by Gasteiger charge is 2.46. The zero-order valence-corrected chi connectivity index (χ0v) is 22.0. The quantitative estimate of drug-likeness (QED) is 0.227. The number of amides is 3. The van der Waals surface area contributed by atoms with Gasteiger partial charge in [-0.2, -0.15) is 0 Å². The van der Waals surface area contributed by atoms with Crippen LogP contribution >= 0.6 is 0 Å². The molecule has 7 nitrogen and oxygen atoms in total. The zero-order chi connectivity index (χ0) is 26.9. The maximum atomic E-state index is 13.9. The summed E-state index contributed by atoms with van der Waals surface area (Å²) in [4.78, 5) is 48.5. The van der Waals surface area contributed by atoms with Crippen molar-refractivity contribution in [3.8, 4) is 11.5 Å². The number of fused-ring (bicyclic) bond motifs is 1. The Morgan fingerprint density at radius 1 is 0.923 bits per heavy atom. The number of imide groups is 1. The standard InChI is InChI=1S/C32H31N3O4/c1-21-9-8-10-23(19-21)31(37)34(24-11-4-2-3-5-12-24)27-20-29(36)35(32(27)38)25-17-15-22(16-18-25)30-33-26-13-6-7-14-28(26)39-30/h6-10,13-19,24,27H,2-5,11-12,20H2,1H3. The van der Waals surface area contributed by atoms with Crippen LogP contribution in [0.3, 0.4) is 0 Å². The molecule has 0 N–H and O–H groups in total. The van der Waals surface area contributed by atoms with E-state index in [-0.39, 0.29) is 30.2 Å². The fourth-order valence-electron chi connectivity index (χ4n) is 5.88. The third kappa shape index (κ3) is 4.85. The van der Waals surface area contributed by atoms with Crippen molar-refractivity contribution >= 4 is 34.5 Å². The third-order valence-corrected chi connectivity index (χ3v) is 7.84. The lowest BCUT2D eigenvalue weighted by atomic mass is 10.0. The van der Waals surface area contributed by atoms with Gasteiger partial charge in [0, 0.05) is 17.2 Å². The van der Waals surface area contributed by atoms with Crippen LogP contribution in [0.4, 0.5) is 5.69 Å². The maximum Gasteiger partial charge on any atom is 0.257 e. The SMILES string of the molecule is Cc1cccc(C(=O)N(C2CCCCCC2)C2CC(=O)N(c3ccc(-c4nc5ccccc5o4)cc3)C2=O)c1. The van der Waals surface area contributed by atoms with Crippen LogP contribution in [0.2, 0.25) is 0 Å². The lowest BCUT2D eigenvalue weighted by Crippen LogP contribution is -2.50. The molecule has 6 rings (SSSR count). The summed E-state index contributed by atoms with van der Waals surface area (Å²) in [6.07, 6.45) is 5.94. The van der Waals surface area contributed by atoms with Crippen molar-refractivity contribution in [1.29, 1.82) is 0 Å². The molecule has 2 heterocycles. The number of para-hydroxylation sites is 2. The van der Waals surface area contributed by atoms with Gasteiger partial charge in [0.1, 0.15) is 11.6 Å². The molecule has 39 heavy (non-hydrogen) atoms. The number of aryl methyl sites for hydroxylation is 1. The summed E-state index contributed by atoms with van der Waals surface area (Å²) >= 11 is 0. The van der Waals surface area contributed by atoms with Gasteiger partial charge in [0.2, 0.25) is 11.8 Å². The van der Waals surface area contributed by atoms with Crippen LogP contribution in [-0.2, 0) is 9.59 Å². The summed E-state index contributed by atoms with van der Waals surface area (Å²) in [6.45, 7) is 1.95. The Bertz CT molecular complexity index is 1500. The van der Waals surface area contributed by atoms with Crippen molar-refractivity contribution in [3.63, 3.8) is 0 Å². The van der Waals surface area contributed by atoms with E-state index >= 15 is 0 Å². The number of carbonyl (C=O) groups is 3. The van der Waals surface area contributed by atoms with Crippen LogP contribution in [0, 0.1) is 6.92 Å². The predicted molar refractivity (Wildman–Crippen MR) is 149 cm³/mol. The number of rotatable bonds is 5. The van der Waals surface area contributed by atoms with E-state index in [4.69, 9.17) is 4.42 Å². The summed E-state index contributed by atoms with van der Waals surface area (Å²) < 4.78 is 5.86. The molecule has 0 bridgehead atoms. The summed E-state index contributed by atoms with van der Waals surface area (Å²) in [5.41, 5.74) is 4.23. The van der Waals surface area contributed by atoms with E-state index < -0.39 is 6.04 Å². The first-order chi connectivity index (χ1) is 19.0. The van der Waals surface area contributed by atoms with Crippen LogP contribution < -0.4 is 4.90 Å². The van der Waals surface area contributed by atoms with Crippen molar-refractivity contribution in [2.45, 2.75) is 64.0 Å². The Morgan fingerprint density at radius 2 is 1.67 bits per heavy atom. The fraction of sp³-hybridized carbons (Fsp3) is 0.312. The number of oxazole rings is 1. The molecule has 0 spiro atoms. The molecule has 3 aromatic carbocycles. The highest BCUT2D eigenvalue weighted by atomic mass is 16.3. The van der Waals surface area contributed by atoms with Gasteiger partial charge in [0.15, 0.2) is 5.58 Å². The lowest BCUT2D eigenvalue weighted by Gasteiger charge is -2.35. The van der Waals surface area contributed by atoms with Crippen LogP contribution in [0.15, 0.2) is 77.2 Å². The fourth-order valence-corrected chi connectivity index (χ4v) is 5.88. The number of benzene rings is 3. The lowest BCUT2D eigenvalue weighted by molar-refractivity contribution is -0.123. The van der Waals surface area contributed by atoms with Gasteiger partial charge in [-0.05, 0) is 68.3 Å². The minimum atomic E-state index is -0.815. The molecular formula is C32H31N3O4. The van der Waals surface area contributed by atoms with Gasteiger partial charge in [-0.3, -0.25) is 14.4 Å². The Hall–Kier alpha value is -4.26. The second-order valence-corrected chi connectivity index (χ2v) is 10.5. The molecule has 1 aliphatic carbocycles. The molecule has 1 saturated heterocycles. The van der Waals surface area contributed by atoms with Crippen molar-refractivity contribution < 1.29 is 18.8 Å². The predicted octanol–water partition coefficient (Wildman–Crippen LogP) is 6.30. The molecule has 198 valence electrons. The highest BCUT2D eigenvalue weighted by Crippen LogP contribution is 2.33. The molecule has 4 aromatic rings. The number of hydrogen-bond donors (Lipinski definition) is 0. The number of nitrogens with zero attached hydrogens (tertiary/aromatic N) is 3. The molecule has 1 aromatic heterocycles. The Labute approximate surface area is 227 Å². The molecule has 1 unspecified atom stereocenters. The van der Waals surface area contributed by atoms with Gasteiger partial charge >= 0.3 is 0 Å². The molecule has 3 amide bonds. The monoisotopic (exact) mass is 521 g/mol. The van der Waals surface area contributed by atoms with Gasteiger partial charge in [0.05, 0.1) is 12.1 Å². The van der Waals surface area contributed by atoms with Crippen molar-refractivity contribution in [2.75, 3.05) is 4.90 Å². The van der Waals surface area contributed by atoms with Gasteiger partial charge in [0.25, 0.3) is 11.8 Å². The van der Waals surface area contributed by atoms with Crippen LogP contribution in [0.5, 0.6) is 0 Å². The van der Waals surface area contributed by atoms with Gasteiger partial charge in [-0.25, -0.2) is 9.88 Å². The zero-order valence-electron chi connectivity index (χ0n) is 22.0. The second kappa shape index (κ2) is 10.5. The van der Waals surface area contributed by atoms with E-state index in [0.717, 1.165) is 55.2 Å². The summed E-state index contributed by atoms with van der Waals surface area (Å²) in [6, 6.07) is 21.2. The third-order valence-electron chi connectivity index (χ3n) is 7.84. The first-order valence-corrected chi connectivity index (χ1v) is 13.7. The minimum Gasteiger partial charge on any atom is -0.436 e. The van der Waals surface area contributed by atoms with E-state index in [2.05, 4.69) is 4.98 Å². The minimum absolute atomic E-state index is 0.0141. The molecule has 1 saturated carbocycles. The summed E-state index contributed by atoms with van der Waals surface area (Å²) in [5.74, 6) is -0.344. The first-order valence-electron chi connectivity index (χ1n) is 13.7. The van der Waals surface area contributed by atoms with E-state index in [1.807, 2.05) is 49.4 Å². The molecular weight excluding hydrogens is 490 g/mol. The Balaban J connectivity index is 1.29. The topological polar surface area (TPSA) is 83.7 Å². The number of aromatic nitrogens is 1. The molecule has 1 atom stereocenters. The van der Waals surface area contributed by atoms with E-state index in [1.54, 1.807) is 35.2 Å². The van der Waals surface area contributed by atoms with Crippen LogP contribution in [0.25, 0.3) is 22.6 Å². The van der Waals surface area contributed by atoms with Crippen molar-refractivity contribution in [2.24, 2.45) is 0 Å². The Morgan fingerprint density at radius 3 is 2.38 bits per heavy atom. The molecule has 2 aliphatic rings. The Kier molecular flexibility index (Phi) is 6.73.